The lowest BCUT2D eigenvalue weighted by atomic mass is 9.81. The molecule has 2 heterocycles. The van der Waals surface area contributed by atoms with E-state index in [4.69, 9.17) is 4.74 Å². The van der Waals surface area contributed by atoms with Gasteiger partial charge in [-0.05, 0) is 62.6 Å². The summed E-state index contributed by atoms with van der Waals surface area (Å²) in [5.74, 6) is 0.114. The maximum Gasteiger partial charge on any atom is 0.227 e. The second-order valence-electron chi connectivity index (χ2n) is 8.16. The van der Waals surface area contributed by atoms with Crippen LogP contribution in [0.1, 0.15) is 38.2 Å². The van der Waals surface area contributed by atoms with Crippen LogP contribution in [0.2, 0.25) is 0 Å². The van der Waals surface area contributed by atoms with E-state index in [2.05, 4.69) is 11.8 Å². The molecule has 0 bridgehead atoms. The SMILES string of the molecule is COc1ccc(F)c(CN2CCC3(CCC(=O)N3c3cccc(F)c3)CC2C)c1. The number of nitrogens with zero attached hydrogens (tertiary/aromatic N) is 2. The third-order valence-corrected chi connectivity index (χ3v) is 6.38. The molecule has 2 aliphatic heterocycles. The van der Waals surface area contributed by atoms with Gasteiger partial charge in [-0.25, -0.2) is 8.78 Å². The smallest absolute Gasteiger partial charge is 0.227 e. The molecule has 0 aromatic heterocycles. The van der Waals surface area contributed by atoms with Gasteiger partial charge < -0.3 is 9.64 Å². The molecular formula is C23H26F2N2O2. The molecule has 0 N–H and O–H groups in total. The van der Waals surface area contributed by atoms with Crippen molar-refractivity contribution >= 4 is 11.6 Å². The first kappa shape index (κ1) is 19.8. The van der Waals surface area contributed by atoms with Crippen LogP contribution in [0.25, 0.3) is 0 Å². The summed E-state index contributed by atoms with van der Waals surface area (Å²) in [5, 5.41) is 0. The minimum absolute atomic E-state index is 0.0510. The second kappa shape index (κ2) is 7.75. The third kappa shape index (κ3) is 3.73. The first-order valence-corrected chi connectivity index (χ1v) is 10.1. The molecule has 1 amide bonds. The maximum absolute atomic E-state index is 14.3. The van der Waals surface area contributed by atoms with Crippen molar-refractivity contribution in [3.63, 3.8) is 0 Å². The second-order valence-corrected chi connectivity index (χ2v) is 8.16. The standard InChI is InChI=1S/C23H26F2N2O2/c1-16-14-23(9-8-22(28)27(23)19-5-3-4-18(24)13-19)10-11-26(16)15-17-12-20(29-2)6-7-21(17)25/h3-7,12-13,16H,8-11,14-15H2,1-2H3. The largest absolute Gasteiger partial charge is 0.497 e. The van der Waals surface area contributed by atoms with E-state index in [1.54, 1.807) is 31.4 Å². The molecule has 2 aliphatic rings. The third-order valence-electron chi connectivity index (χ3n) is 6.38. The van der Waals surface area contributed by atoms with Gasteiger partial charge in [0, 0.05) is 36.8 Å². The minimum atomic E-state index is -0.337. The van der Waals surface area contributed by atoms with E-state index in [0.717, 1.165) is 25.8 Å². The van der Waals surface area contributed by atoms with E-state index in [0.29, 0.717) is 30.0 Å². The van der Waals surface area contributed by atoms with Crippen molar-refractivity contribution in [1.29, 1.82) is 0 Å². The molecule has 0 radical (unpaired) electrons. The first-order chi connectivity index (χ1) is 13.9. The summed E-state index contributed by atoms with van der Waals surface area (Å²) in [5.41, 5.74) is 0.942. The molecule has 2 fully saturated rings. The number of carbonyl (C=O) groups is 1. The molecule has 6 heteroatoms. The molecule has 0 aliphatic carbocycles. The number of piperidine rings is 1. The fraction of sp³-hybridized carbons (Fsp3) is 0.435. The molecule has 2 atom stereocenters. The maximum atomic E-state index is 14.3. The van der Waals surface area contributed by atoms with Gasteiger partial charge in [-0.15, -0.1) is 0 Å². The van der Waals surface area contributed by atoms with E-state index in [9.17, 15) is 13.6 Å². The average Bonchev–Trinajstić information content (AvgIpc) is 3.01. The zero-order valence-electron chi connectivity index (χ0n) is 16.8. The number of benzene rings is 2. The van der Waals surface area contributed by atoms with Crippen molar-refractivity contribution in [2.45, 2.75) is 50.7 Å². The molecule has 2 unspecified atom stereocenters. The Kier molecular flexibility index (Phi) is 5.30. The van der Waals surface area contributed by atoms with E-state index >= 15 is 0 Å². The van der Waals surface area contributed by atoms with E-state index in [1.165, 1.54) is 18.2 Å². The summed E-state index contributed by atoms with van der Waals surface area (Å²) >= 11 is 0. The average molecular weight is 400 g/mol. The Bertz CT molecular complexity index is 920. The molecule has 2 saturated heterocycles. The Morgan fingerprint density at radius 1 is 1.17 bits per heavy atom. The molecule has 4 rings (SSSR count). The summed E-state index contributed by atoms with van der Waals surface area (Å²) in [4.78, 5) is 16.7. The fourth-order valence-electron chi connectivity index (χ4n) is 4.90. The molecule has 29 heavy (non-hydrogen) atoms. The Morgan fingerprint density at radius 3 is 2.72 bits per heavy atom. The quantitative estimate of drug-likeness (QED) is 0.756. The number of carbonyl (C=O) groups excluding carboxylic acids is 1. The number of hydrogen-bond donors (Lipinski definition) is 0. The lowest BCUT2D eigenvalue weighted by molar-refractivity contribution is -0.117. The highest BCUT2D eigenvalue weighted by molar-refractivity contribution is 5.97. The highest BCUT2D eigenvalue weighted by Crippen LogP contribution is 2.44. The normalized spacial score (nSPS) is 25.0. The van der Waals surface area contributed by atoms with Gasteiger partial charge in [-0.3, -0.25) is 9.69 Å². The first-order valence-electron chi connectivity index (χ1n) is 10.1. The summed E-state index contributed by atoms with van der Waals surface area (Å²) in [7, 11) is 1.57. The molecule has 4 nitrogen and oxygen atoms in total. The van der Waals surface area contributed by atoms with Crippen LogP contribution in [0.5, 0.6) is 5.75 Å². The molecule has 2 aromatic rings. The summed E-state index contributed by atoms with van der Waals surface area (Å²) < 4.78 is 33.3. The molecule has 2 aromatic carbocycles. The van der Waals surface area contributed by atoms with Crippen molar-refractivity contribution in [2.24, 2.45) is 0 Å². The molecule has 1 spiro atoms. The van der Waals surface area contributed by atoms with Gasteiger partial charge in [0.2, 0.25) is 5.91 Å². The van der Waals surface area contributed by atoms with Gasteiger partial charge in [0.25, 0.3) is 0 Å². The van der Waals surface area contributed by atoms with Crippen LogP contribution in [0.15, 0.2) is 42.5 Å². The van der Waals surface area contributed by atoms with Crippen LogP contribution in [0.3, 0.4) is 0 Å². The van der Waals surface area contributed by atoms with Gasteiger partial charge in [0.1, 0.15) is 17.4 Å². The van der Waals surface area contributed by atoms with Crippen LogP contribution in [0, 0.1) is 11.6 Å². The van der Waals surface area contributed by atoms with Gasteiger partial charge >= 0.3 is 0 Å². The van der Waals surface area contributed by atoms with Crippen molar-refractivity contribution in [2.75, 3.05) is 18.6 Å². The number of anilines is 1. The van der Waals surface area contributed by atoms with Gasteiger partial charge in [0.15, 0.2) is 0 Å². The zero-order chi connectivity index (χ0) is 20.6. The van der Waals surface area contributed by atoms with Crippen molar-refractivity contribution < 1.29 is 18.3 Å². The summed E-state index contributed by atoms with van der Waals surface area (Å²) in [6, 6.07) is 11.2. The predicted octanol–water partition coefficient (Wildman–Crippen LogP) is 4.52. The lowest BCUT2D eigenvalue weighted by Crippen LogP contribution is -2.56. The highest BCUT2D eigenvalue weighted by Gasteiger charge is 2.49. The Labute approximate surface area is 170 Å². The number of ether oxygens (including phenoxy) is 1. The van der Waals surface area contributed by atoms with Crippen molar-refractivity contribution in [3.05, 3.63) is 59.7 Å². The van der Waals surface area contributed by atoms with Crippen molar-refractivity contribution in [3.8, 4) is 5.75 Å². The van der Waals surface area contributed by atoms with Crippen molar-refractivity contribution in [1.82, 2.24) is 4.90 Å². The number of rotatable bonds is 4. The molecule has 0 saturated carbocycles. The number of likely N-dealkylation sites (tertiary alicyclic amines) is 1. The summed E-state index contributed by atoms with van der Waals surface area (Å²) in [6.45, 7) is 3.36. The summed E-state index contributed by atoms with van der Waals surface area (Å²) in [6.07, 6.45) is 2.81. The van der Waals surface area contributed by atoms with Crippen LogP contribution < -0.4 is 9.64 Å². The minimum Gasteiger partial charge on any atom is -0.497 e. The number of halogens is 2. The number of methoxy groups -OCH3 is 1. The fourth-order valence-corrected chi connectivity index (χ4v) is 4.90. The Hall–Kier alpha value is -2.47. The van der Waals surface area contributed by atoms with Gasteiger partial charge in [-0.1, -0.05) is 6.07 Å². The van der Waals surface area contributed by atoms with E-state index < -0.39 is 0 Å². The van der Waals surface area contributed by atoms with Crippen LogP contribution in [0.4, 0.5) is 14.5 Å². The van der Waals surface area contributed by atoms with Crippen LogP contribution in [-0.4, -0.2) is 36.0 Å². The Balaban J connectivity index is 1.54. The van der Waals surface area contributed by atoms with Gasteiger partial charge in [0.05, 0.1) is 12.6 Å². The predicted molar refractivity (Wildman–Crippen MR) is 108 cm³/mol. The topological polar surface area (TPSA) is 32.8 Å². The number of amides is 1. The molecule has 154 valence electrons. The number of hydrogen-bond acceptors (Lipinski definition) is 3. The van der Waals surface area contributed by atoms with E-state index in [1.807, 2.05) is 4.90 Å². The highest BCUT2D eigenvalue weighted by atomic mass is 19.1. The lowest BCUT2D eigenvalue weighted by Gasteiger charge is -2.48. The molecular weight excluding hydrogens is 374 g/mol. The Morgan fingerprint density at radius 2 is 2.00 bits per heavy atom. The monoisotopic (exact) mass is 400 g/mol. The van der Waals surface area contributed by atoms with Gasteiger partial charge in [-0.2, -0.15) is 0 Å². The van der Waals surface area contributed by atoms with E-state index in [-0.39, 0.29) is 29.1 Å². The van der Waals surface area contributed by atoms with Crippen LogP contribution >= 0.6 is 0 Å². The van der Waals surface area contributed by atoms with Crippen LogP contribution in [-0.2, 0) is 11.3 Å². The zero-order valence-corrected chi connectivity index (χ0v) is 16.8.